The van der Waals surface area contributed by atoms with Crippen molar-refractivity contribution in [2.45, 2.75) is 19.3 Å². The summed E-state index contributed by atoms with van der Waals surface area (Å²) in [6.45, 7) is 0.686. The lowest BCUT2D eigenvalue weighted by Crippen LogP contribution is -2.32. The first-order valence-corrected chi connectivity index (χ1v) is 8.29. The maximum absolute atomic E-state index is 13.8. The number of methoxy groups -OCH3 is 1. The van der Waals surface area contributed by atoms with Gasteiger partial charge in [-0.25, -0.2) is 4.39 Å². The van der Waals surface area contributed by atoms with Gasteiger partial charge in [-0.05, 0) is 23.1 Å². The maximum atomic E-state index is 13.8. The van der Waals surface area contributed by atoms with Crippen LogP contribution in [-0.4, -0.2) is 39.5 Å². The van der Waals surface area contributed by atoms with E-state index in [0.29, 0.717) is 23.6 Å². The zero-order valence-electron chi connectivity index (χ0n) is 14.7. The highest BCUT2D eigenvalue weighted by atomic mass is 19.1. The van der Waals surface area contributed by atoms with E-state index in [-0.39, 0.29) is 36.9 Å². The molecule has 0 radical (unpaired) electrons. The van der Waals surface area contributed by atoms with Crippen LogP contribution in [0.15, 0.2) is 35.0 Å². The SMILES string of the molecule is COc1ccc(-c2cc(CO[C@@H]3COc4nc([N+](=O)[O-])cn4C3)on2)cc1F. The van der Waals surface area contributed by atoms with E-state index in [1.807, 2.05) is 0 Å². The highest BCUT2D eigenvalue weighted by Crippen LogP contribution is 2.26. The molecule has 0 unspecified atom stereocenters. The highest BCUT2D eigenvalue weighted by molar-refractivity contribution is 5.60. The molecule has 3 heterocycles. The second-order valence-corrected chi connectivity index (χ2v) is 6.06. The molecule has 0 fully saturated rings. The van der Waals surface area contributed by atoms with Gasteiger partial charge in [0.2, 0.25) is 0 Å². The second kappa shape index (κ2) is 7.27. The molecule has 0 spiro atoms. The number of fused-ring (bicyclic) bond motifs is 1. The number of nitrogens with zero attached hydrogens (tertiary/aromatic N) is 4. The van der Waals surface area contributed by atoms with E-state index in [2.05, 4.69) is 10.1 Å². The number of ether oxygens (including phenoxy) is 3. The molecular formula is C17H15FN4O6. The van der Waals surface area contributed by atoms with Crippen LogP contribution in [0.5, 0.6) is 11.8 Å². The van der Waals surface area contributed by atoms with E-state index >= 15 is 0 Å². The third-order valence-corrected chi connectivity index (χ3v) is 4.18. The van der Waals surface area contributed by atoms with Crippen molar-refractivity contribution in [1.29, 1.82) is 0 Å². The van der Waals surface area contributed by atoms with Crippen LogP contribution in [0.25, 0.3) is 11.3 Å². The molecule has 11 heteroatoms. The van der Waals surface area contributed by atoms with Gasteiger partial charge in [0.1, 0.15) is 31.2 Å². The van der Waals surface area contributed by atoms with Crippen LogP contribution in [0.1, 0.15) is 5.76 Å². The van der Waals surface area contributed by atoms with Crippen LogP contribution in [-0.2, 0) is 17.9 Å². The number of imidazole rings is 1. The van der Waals surface area contributed by atoms with Crippen molar-refractivity contribution in [3.8, 4) is 23.0 Å². The van der Waals surface area contributed by atoms with Gasteiger partial charge in [-0.2, -0.15) is 0 Å². The first-order chi connectivity index (χ1) is 13.5. The van der Waals surface area contributed by atoms with Gasteiger partial charge in [0.25, 0.3) is 0 Å². The number of nitro groups is 1. The number of hydrogen-bond donors (Lipinski definition) is 0. The van der Waals surface area contributed by atoms with Gasteiger partial charge < -0.3 is 28.8 Å². The normalized spacial score (nSPS) is 15.7. The van der Waals surface area contributed by atoms with Gasteiger partial charge in [0, 0.05) is 16.6 Å². The molecule has 1 atom stereocenters. The van der Waals surface area contributed by atoms with Crippen LogP contribution in [0.3, 0.4) is 0 Å². The summed E-state index contributed by atoms with van der Waals surface area (Å²) >= 11 is 0. The van der Waals surface area contributed by atoms with E-state index in [1.165, 1.54) is 30.0 Å². The largest absolute Gasteiger partial charge is 0.494 e. The molecule has 4 rings (SSSR count). The molecule has 3 aromatic rings. The van der Waals surface area contributed by atoms with Crippen LogP contribution >= 0.6 is 0 Å². The van der Waals surface area contributed by atoms with Crippen molar-refractivity contribution in [2.75, 3.05) is 13.7 Å². The molecule has 28 heavy (non-hydrogen) atoms. The first-order valence-electron chi connectivity index (χ1n) is 8.29. The number of aromatic nitrogens is 3. The van der Waals surface area contributed by atoms with Gasteiger partial charge in [-0.15, -0.1) is 0 Å². The summed E-state index contributed by atoms with van der Waals surface area (Å²) in [7, 11) is 1.39. The molecule has 1 aromatic carbocycles. The van der Waals surface area contributed by atoms with Crippen molar-refractivity contribution >= 4 is 5.82 Å². The Labute approximate surface area is 157 Å². The van der Waals surface area contributed by atoms with Crippen LogP contribution in [0, 0.1) is 15.9 Å². The standard InChI is InChI=1S/C17H15FN4O6/c1-25-15-3-2-10(4-13(15)18)14-5-11(28-20-14)8-26-12-6-21-7-16(22(23)24)19-17(21)27-9-12/h2-5,7,12H,6,8-9H2,1H3/t12-/m0/s1. The zero-order valence-corrected chi connectivity index (χ0v) is 14.7. The Morgan fingerprint density at radius 3 is 3.04 bits per heavy atom. The van der Waals surface area contributed by atoms with Gasteiger partial charge >= 0.3 is 11.8 Å². The third-order valence-electron chi connectivity index (χ3n) is 4.18. The molecule has 0 saturated heterocycles. The monoisotopic (exact) mass is 390 g/mol. The molecule has 0 amide bonds. The lowest BCUT2D eigenvalue weighted by atomic mass is 10.1. The quantitative estimate of drug-likeness (QED) is 0.466. The van der Waals surface area contributed by atoms with Crippen LogP contribution < -0.4 is 9.47 Å². The summed E-state index contributed by atoms with van der Waals surface area (Å²) in [5.74, 6) is -0.173. The van der Waals surface area contributed by atoms with Crippen molar-refractivity contribution in [1.82, 2.24) is 14.7 Å². The molecule has 0 aliphatic carbocycles. The molecule has 10 nitrogen and oxygen atoms in total. The fraction of sp³-hybridized carbons (Fsp3) is 0.294. The van der Waals surface area contributed by atoms with Crippen molar-refractivity contribution in [3.05, 3.63) is 52.2 Å². The Hall–Kier alpha value is -3.47. The summed E-state index contributed by atoms with van der Waals surface area (Å²) in [5.41, 5.74) is 1.01. The molecular weight excluding hydrogens is 375 g/mol. The lowest BCUT2D eigenvalue weighted by molar-refractivity contribution is -0.389. The van der Waals surface area contributed by atoms with E-state index in [1.54, 1.807) is 12.1 Å². The zero-order chi connectivity index (χ0) is 19.7. The minimum absolute atomic E-state index is 0.117. The minimum atomic E-state index is -0.581. The van der Waals surface area contributed by atoms with E-state index in [9.17, 15) is 14.5 Å². The molecule has 1 aliphatic heterocycles. The van der Waals surface area contributed by atoms with E-state index < -0.39 is 10.7 Å². The fourth-order valence-electron chi connectivity index (χ4n) is 2.80. The Bertz CT molecular complexity index is 1020. The third kappa shape index (κ3) is 3.51. The Morgan fingerprint density at radius 1 is 1.43 bits per heavy atom. The summed E-state index contributed by atoms with van der Waals surface area (Å²) in [6.07, 6.45) is 0.962. The van der Waals surface area contributed by atoms with Gasteiger partial charge in [-0.3, -0.25) is 4.57 Å². The summed E-state index contributed by atoms with van der Waals surface area (Å²) in [6, 6.07) is 6.33. The van der Waals surface area contributed by atoms with Gasteiger partial charge in [-0.1, -0.05) is 5.16 Å². The fourth-order valence-corrected chi connectivity index (χ4v) is 2.80. The summed E-state index contributed by atoms with van der Waals surface area (Å²) in [5, 5.41) is 14.7. The van der Waals surface area contributed by atoms with Crippen molar-refractivity contribution in [3.63, 3.8) is 0 Å². The van der Waals surface area contributed by atoms with Crippen LogP contribution in [0.4, 0.5) is 10.2 Å². The predicted octanol–water partition coefficient (Wildman–Crippen LogP) is 2.57. The smallest absolute Gasteiger partial charge is 0.414 e. The molecule has 0 N–H and O–H groups in total. The van der Waals surface area contributed by atoms with Crippen molar-refractivity contribution < 1.29 is 28.0 Å². The molecule has 0 bridgehead atoms. The molecule has 2 aromatic heterocycles. The van der Waals surface area contributed by atoms with E-state index in [4.69, 9.17) is 18.7 Å². The van der Waals surface area contributed by atoms with Crippen molar-refractivity contribution in [2.24, 2.45) is 0 Å². The summed E-state index contributed by atoms with van der Waals surface area (Å²) in [4.78, 5) is 14.0. The average Bonchev–Trinajstić information content (AvgIpc) is 3.33. The topological polar surface area (TPSA) is 115 Å². The Balaban J connectivity index is 1.38. The number of halogens is 1. The van der Waals surface area contributed by atoms with Gasteiger partial charge in [0.15, 0.2) is 17.3 Å². The molecule has 0 saturated carbocycles. The van der Waals surface area contributed by atoms with E-state index in [0.717, 1.165) is 0 Å². The molecule has 1 aliphatic rings. The second-order valence-electron chi connectivity index (χ2n) is 6.06. The summed E-state index contributed by atoms with van der Waals surface area (Å²) < 4.78 is 36.6. The first kappa shape index (κ1) is 17.9. The number of benzene rings is 1. The lowest BCUT2D eigenvalue weighted by Gasteiger charge is -2.21. The Kier molecular flexibility index (Phi) is 4.65. The molecule has 146 valence electrons. The maximum Gasteiger partial charge on any atom is 0.414 e. The van der Waals surface area contributed by atoms with Crippen LogP contribution in [0.2, 0.25) is 0 Å². The van der Waals surface area contributed by atoms with Gasteiger partial charge in [0.05, 0.1) is 13.7 Å². The minimum Gasteiger partial charge on any atom is -0.494 e. The average molecular weight is 390 g/mol. The number of hydrogen-bond acceptors (Lipinski definition) is 8. The Morgan fingerprint density at radius 2 is 2.29 bits per heavy atom. The predicted molar refractivity (Wildman–Crippen MR) is 91.4 cm³/mol. The number of rotatable bonds is 6. The highest BCUT2D eigenvalue weighted by Gasteiger charge is 2.28.